The highest BCUT2D eigenvalue weighted by atomic mass is 32.2. The first-order valence-electron chi connectivity index (χ1n) is 11.9. The number of ether oxygens (including phenoxy) is 1. The molecule has 1 N–H and O–H groups in total. The van der Waals surface area contributed by atoms with Crippen LogP contribution in [-0.2, 0) is 21.8 Å². The molecule has 7 nitrogen and oxygen atoms in total. The molecule has 0 aliphatic carbocycles. The normalized spacial score (nSPS) is 12.1. The molecule has 0 aliphatic rings. The zero-order valence-corrected chi connectivity index (χ0v) is 21.7. The van der Waals surface area contributed by atoms with Crippen LogP contribution in [-0.4, -0.2) is 46.3 Å². The van der Waals surface area contributed by atoms with E-state index in [1.54, 1.807) is 6.07 Å². The van der Waals surface area contributed by atoms with E-state index in [9.17, 15) is 13.7 Å². The molecule has 0 radical (unpaired) electrons. The number of methoxy groups -OCH3 is 1. The van der Waals surface area contributed by atoms with E-state index in [-0.39, 0.29) is 18.1 Å². The standard InChI is InChI=1S/C27H34N4O3S/c1-5-14-31(15-6-2)25-10-9-21-17-23(8-7-22(21)18-25)27-12-11-24(30(27)3)19-26(20-28)35(32,33)29-13-16-34-4/h7-12,17-19,29H,5-6,13-16H2,1-4H3/b26-19+. The monoisotopic (exact) mass is 494 g/mol. The minimum Gasteiger partial charge on any atom is -0.383 e. The maximum Gasteiger partial charge on any atom is 0.250 e. The summed E-state index contributed by atoms with van der Waals surface area (Å²) < 4.78 is 34.1. The van der Waals surface area contributed by atoms with E-state index < -0.39 is 10.0 Å². The second-order valence-electron chi connectivity index (χ2n) is 8.45. The van der Waals surface area contributed by atoms with Crippen LogP contribution in [0.5, 0.6) is 0 Å². The van der Waals surface area contributed by atoms with Gasteiger partial charge in [-0.25, -0.2) is 13.1 Å². The lowest BCUT2D eigenvalue weighted by molar-refractivity contribution is 0.204. The summed E-state index contributed by atoms with van der Waals surface area (Å²) in [6.07, 6.45) is 3.61. The van der Waals surface area contributed by atoms with E-state index in [2.05, 4.69) is 59.9 Å². The SMILES string of the molecule is CCCN(CCC)c1ccc2cc(-c3ccc(/C=C(\C#N)S(=O)(=O)NCCOC)n3C)ccc2c1. The maximum absolute atomic E-state index is 12.5. The quantitative estimate of drug-likeness (QED) is 0.286. The highest BCUT2D eigenvalue weighted by Gasteiger charge is 2.18. The van der Waals surface area contributed by atoms with Crippen molar-refractivity contribution < 1.29 is 13.2 Å². The van der Waals surface area contributed by atoms with Crippen molar-refractivity contribution in [2.75, 3.05) is 38.3 Å². The molecule has 0 spiro atoms. The number of aromatic nitrogens is 1. The van der Waals surface area contributed by atoms with Crippen LogP contribution in [0.25, 0.3) is 28.1 Å². The molecule has 0 fully saturated rings. The molecule has 186 valence electrons. The number of nitriles is 1. The Kier molecular flexibility index (Phi) is 9.10. The maximum atomic E-state index is 12.5. The number of anilines is 1. The second kappa shape index (κ2) is 12.0. The van der Waals surface area contributed by atoms with Gasteiger partial charge < -0.3 is 14.2 Å². The summed E-state index contributed by atoms with van der Waals surface area (Å²) in [4.78, 5) is 2.09. The lowest BCUT2D eigenvalue weighted by atomic mass is 10.0. The van der Waals surface area contributed by atoms with Crippen molar-refractivity contribution in [1.29, 1.82) is 5.26 Å². The molecule has 0 saturated carbocycles. The molecule has 8 heteroatoms. The van der Waals surface area contributed by atoms with Crippen molar-refractivity contribution in [2.45, 2.75) is 26.7 Å². The van der Waals surface area contributed by atoms with Crippen LogP contribution < -0.4 is 9.62 Å². The van der Waals surface area contributed by atoms with Gasteiger partial charge in [0, 0.05) is 50.9 Å². The van der Waals surface area contributed by atoms with E-state index in [1.165, 1.54) is 24.3 Å². The van der Waals surface area contributed by atoms with Gasteiger partial charge in [0.1, 0.15) is 6.07 Å². The first kappa shape index (κ1) is 26.5. The molecule has 0 unspecified atom stereocenters. The molecule has 1 heterocycles. The van der Waals surface area contributed by atoms with Gasteiger partial charge in [-0.3, -0.25) is 0 Å². The molecule has 0 aliphatic heterocycles. The Morgan fingerprint density at radius 3 is 2.43 bits per heavy atom. The third-order valence-electron chi connectivity index (χ3n) is 5.91. The molecule has 3 aromatic rings. The Labute approximate surface area is 208 Å². The van der Waals surface area contributed by atoms with Crippen molar-refractivity contribution in [3.63, 3.8) is 0 Å². The number of hydrogen-bond acceptors (Lipinski definition) is 5. The Morgan fingerprint density at radius 1 is 1.09 bits per heavy atom. The Bertz CT molecular complexity index is 1330. The van der Waals surface area contributed by atoms with Crippen LogP contribution in [0, 0.1) is 11.3 Å². The number of benzene rings is 2. The fourth-order valence-electron chi connectivity index (χ4n) is 4.12. The summed E-state index contributed by atoms with van der Waals surface area (Å²) in [6, 6.07) is 18.5. The zero-order valence-electron chi connectivity index (χ0n) is 20.9. The molecular weight excluding hydrogens is 460 g/mol. The van der Waals surface area contributed by atoms with Gasteiger partial charge in [0.25, 0.3) is 10.0 Å². The number of nitrogens with zero attached hydrogens (tertiary/aromatic N) is 3. The van der Waals surface area contributed by atoms with E-state index in [1.807, 2.05) is 23.7 Å². The first-order valence-corrected chi connectivity index (χ1v) is 13.4. The number of rotatable bonds is 12. The number of fused-ring (bicyclic) bond motifs is 1. The van der Waals surface area contributed by atoms with Crippen molar-refractivity contribution in [3.05, 3.63) is 59.1 Å². The molecule has 2 aromatic carbocycles. The molecule has 35 heavy (non-hydrogen) atoms. The van der Waals surface area contributed by atoms with Crippen molar-refractivity contribution in [1.82, 2.24) is 9.29 Å². The lowest BCUT2D eigenvalue weighted by Gasteiger charge is -2.24. The summed E-state index contributed by atoms with van der Waals surface area (Å²) in [7, 11) is -0.562. The summed E-state index contributed by atoms with van der Waals surface area (Å²) in [5.74, 6) is 0. The van der Waals surface area contributed by atoms with Crippen LogP contribution in [0.3, 0.4) is 0 Å². The van der Waals surface area contributed by atoms with Crippen molar-refractivity contribution in [3.8, 4) is 17.3 Å². The van der Waals surface area contributed by atoms with E-state index in [0.29, 0.717) is 5.69 Å². The number of hydrogen-bond donors (Lipinski definition) is 1. The zero-order chi connectivity index (χ0) is 25.4. The third-order valence-corrected chi connectivity index (χ3v) is 7.28. The van der Waals surface area contributed by atoms with Gasteiger partial charge in [0.05, 0.1) is 6.61 Å². The third kappa shape index (κ3) is 6.31. The van der Waals surface area contributed by atoms with Gasteiger partial charge in [-0.2, -0.15) is 5.26 Å². The summed E-state index contributed by atoms with van der Waals surface area (Å²) in [5, 5.41) is 11.8. The molecule has 0 amide bonds. The fourth-order valence-corrected chi connectivity index (χ4v) is 5.02. The van der Waals surface area contributed by atoms with Gasteiger partial charge in [-0.1, -0.05) is 32.0 Å². The van der Waals surface area contributed by atoms with Gasteiger partial charge in [0.15, 0.2) is 4.91 Å². The van der Waals surface area contributed by atoms with Gasteiger partial charge in [0.2, 0.25) is 0 Å². The first-order chi connectivity index (χ1) is 16.8. The van der Waals surface area contributed by atoms with E-state index >= 15 is 0 Å². The van der Waals surface area contributed by atoms with E-state index in [4.69, 9.17) is 4.74 Å². The fraction of sp³-hybridized carbons (Fsp3) is 0.370. The average Bonchev–Trinajstić information content (AvgIpc) is 3.21. The largest absolute Gasteiger partial charge is 0.383 e. The van der Waals surface area contributed by atoms with Gasteiger partial charge in [-0.05, 0) is 65.6 Å². The predicted octanol–water partition coefficient (Wildman–Crippen LogP) is 4.90. The summed E-state index contributed by atoms with van der Waals surface area (Å²) in [6.45, 7) is 6.81. The number of nitrogens with one attached hydrogen (secondary N) is 1. The average molecular weight is 495 g/mol. The van der Waals surface area contributed by atoms with Gasteiger partial charge >= 0.3 is 0 Å². The van der Waals surface area contributed by atoms with Crippen LogP contribution in [0.4, 0.5) is 5.69 Å². The van der Waals surface area contributed by atoms with Crippen LogP contribution in [0.1, 0.15) is 32.4 Å². The highest BCUT2D eigenvalue weighted by molar-refractivity contribution is 7.93. The van der Waals surface area contributed by atoms with E-state index in [0.717, 1.165) is 42.6 Å². The molecule has 1 aromatic heterocycles. The second-order valence-corrected chi connectivity index (χ2v) is 10.2. The highest BCUT2D eigenvalue weighted by Crippen LogP contribution is 2.29. The molecule has 3 rings (SSSR count). The molecular formula is C27H34N4O3S. The van der Waals surface area contributed by atoms with Crippen molar-refractivity contribution in [2.24, 2.45) is 7.05 Å². The molecule has 0 atom stereocenters. The molecule has 0 bridgehead atoms. The summed E-state index contributed by atoms with van der Waals surface area (Å²) in [5.41, 5.74) is 3.82. The lowest BCUT2D eigenvalue weighted by Crippen LogP contribution is -2.28. The smallest absolute Gasteiger partial charge is 0.250 e. The topological polar surface area (TPSA) is 87.4 Å². The Balaban J connectivity index is 1.91. The summed E-state index contributed by atoms with van der Waals surface area (Å²) >= 11 is 0. The van der Waals surface area contributed by atoms with Crippen molar-refractivity contribution >= 4 is 32.6 Å². The number of sulfonamides is 1. The number of allylic oxidation sites excluding steroid dienone is 1. The van der Waals surface area contributed by atoms with Crippen LogP contribution in [0.15, 0.2) is 53.4 Å². The molecule has 0 saturated heterocycles. The van der Waals surface area contributed by atoms with Gasteiger partial charge in [-0.15, -0.1) is 0 Å². The predicted molar refractivity (Wildman–Crippen MR) is 144 cm³/mol. The van der Waals surface area contributed by atoms with Crippen LogP contribution >= 0.6 is 0 Å². The Hall–Kier alpha value is -3.12. The minimum atomic E-state index is -3.91. The van der Waals surface area contributed by atoms with Crippen LogP contribution in [0.2, 0.25) is 0 Å². The minimum absolute atomic E-state index is 0.101. The Morgan fingerprint density at radius 2 is 1.77 bits per heavy atom.